The zero-order chi connectivity index (χ0) is 14.4. The molecule has 1 aromatic rings. The lowest BCUT2D eigenvalue weighted by molar-refractivity contribution is 0.318. The number of nitrogens with zero attached hydrogens (tertiary/aromatic N) is 2. The van der Waals surface area contributed by atoms with Crippen molar-refractivity contribution in [2.45, 2.75) is 27.2 Å². The molecule has 0 saturated heterocycles. The van der Waals surface area contributed by atoms with E-state index < -0.39 is 5.82 Å². The fourth-order valence-corrected chi connectivity index (χ4v) is 1.98. The van der Waals surface area contributed by atoms with E-state index in [4.69, 9.17) is 10.9 Å². The molecule has 0 aliphatic carbocycles. The van der Waals surface area contributed by atoms with Crippen LogP contribution >= 0.6 is 0 Å². The molecule has 1 aromatic carbocycles. The highest BCUT2D eigenvalue weighted by Crippen LogP contribution is 2.24. The molecule has 0 aliphatic rings. The number of halogens is 1. The molecular weight excluding hydrogens is 245 g/mol. The highest BCUT2D eigenvalue weighted by atomic mass is 19.1. The molecule has 0 saturated carbocycles. The zero-order valence-electron chi connectivity index (χ0n) is 11.7. The zero-order valence-corrected chi connectivity index (χ0v) is 11.7. The molecule has 0 aromatic heterocycles. The van der Waals surface area contributed by atoms with Crippen LogP contribution in [0.15, 0.2) is 23.4 Å². The summed E-state index contributed by atoms with van der Waals surface area (Å²) in [4.78, 5) is 2.05. The first-order valence-electron chi connectivity index (χ1n) is 6.56. The molecule has 0 radical (unpaired) electrons. The van der Waals surface area contributed by atoms with Crippen LogP contribution in [0.4, 0.5) is 10.1 Å². The van der Waals surface area contributed by atoms with E-state index in [0.717, 1.165) is 19.5 Å². The Bertz CT molecular complexity index is 448. The highest BCUT2D eigenvalue weighted by Gasteiger charge is 2.18. The first-order valence-corrected chi connectivity index (χ1v) is 6.56. The Morgan fingerprint density at radius 2 is 2.16 bits per heavy atom. The van der Waals surface area contributed by atoms with Crippen LogP contribution in [0.25, 0.3) is 0 Å². The van der Waals surface area contributed by atoms with Crippen molar-refractivity contribution in [1.82, 2.24) is 0 Å². The van der Waals surface area contributed by atoms with Gasteiger partial charge in [-0.1, -0.05) is 31.5 Å². The number of hydrogen-bond acceptors (Lipinski definition) is 3. The third-order valence-electron chi connectivity index (χ3n) is 3.31. The molecule has 106 valence electrons. The second-order valence-electron chi connectivity index (χ2n) is 4.67. The number of anilines is 1. The SMILES string of the molecule is CCC(C)CN(CC)c1cccc(F)c1C(N)=NO. The molecule has 1 rings (SSSR count). The fourth-order valence-electron chi connectivity index (χ4n) is 1.98. The standard InChI is InChI=1S/C14H22FN3O/c1-4-10(3)9-18(5-2)12-8-6-7-11(15)13(12)14(16)17-19/h6-8,10,19H,4-5,9H2,1-3H3,(H2,16,17). The van der Waals surface area contributed by atoms with Gasteiger partial charge in [-0.3, -0.25) is 0 Å². The van der Waals surface area contributed by atoms with Gasteiger partial charge in [0.2, 0.25) is 0 Å². The highest BCUT2D eigenvalue weighted by molar-refractivity contribution is 6.02. The Hall–Kier alpha value is -1.78. The average molecular weight is 267 g/mol. The minimum absolute atomic E-state index is 0.162. The van der Waals surface area contributed by atoms with Crippen molar-refractivity contribution in [3.05, 3.63) is 29.6 Å². The van der Waals surface area contributed by atoms with E-state index in [1.807, 2.05) is 11.8 Å². The smallest absolute Gasteiger partial charge is 0.175 e. The minimum Gasteiger partial charge on any atom is -0.409 e. The topological polar surface area (TPSA) is 61.8 Å². The van der Waals surface area contributed by atoms with Crippen molar-refractivity contribution in [3.63, 3.8) is 0 Å². The Kier molecular flexibility index (Phi) is 5.60. The summed E-state index contributed by atoms with van der Waals surface area (Å²) in [7, 11) is 0. The summed E-state index contributed by atoms with van der Waals surface area (Å²) in [5.41, 5.74) is 6.41. The van der Waals surface area contributed by atoms with Gasteiger partial charge in [-0.15, -0.1) is 0 Å². The summed E-state index contributed by atoms with van der Waals surface area (Å²) < 4.78 is 13.9. The lowest BCUT2D eigenvalue weighted by Gasteiger charge is -2.28. The van der Waals surface area contributed by atoms with E-state index in [2.05, 4.69) is 19.0 Å². The lowest BCUT2D eigenvalue weighted by Crippen LogP contribution is -2.31. The first kappa shape index (κ1) is 15.3. The summed E-state index contributed by atoms with van der Waals surface area (Å²) in [5.74, 6) is -0.186. The first-order chi connectivity index (χ1) is 9.04. The van der Waals surface area contributed by atoms with Gasteiger partial charge in [0.05, 0.1) is 11.3 Å². The van der Waals surface area contributed by atoms with Gasteiger partial charge in [-0.25, -0.2) is 4.39 Å². The van der Waals surface area contributed by atoms with Crippen molar-refractivity contribution in [1.29, 1.82) is 0 Å². The Morgan fingerprint density at radius 1 is 1.47 bits per heavy atom. The minimum atomic E-state index is -0.476. The van der Waals surface area contributed by atoms with Gasteiger partial charge in [0.1, 0.15) is 5.82 Å². The second-order valence-corrected chi connectivity index (χ2v) is 4.67. The van der Waals surface area contributed by atoms with Gasteiger partial charge < -0.3 is 15.8 Å². The molecule has 5 heteroatoms. The molecule has 0 fully saturated rings. The maximum atomic E-state index is 13.9. The van der Waals surface area contributed by atoms with Crippen molar-refractivity contribution >= 4 is 11.5 Å². The maximum Gasteiger partial charge on any atom is 0.175 e. The van der Waals surface area contributed by atoms with Crippen molar-refractivity contribution in [3.8, 4) is 0 Å². The van der Waals surface area contributed by atoms with Crippen molar-refractivity contribution < 1.29 is 9.60 Å². The summed E-state index contributed by atoms with van der Waals surface area (Å²) in [5, 5.41) is 11.7. The Morgan fingerprint density at radius 3 is 2.68 bits per heavy atom. The number of amidine groups is 1. The van der Waals surface area contributed by atoms with Crippen LogP contribution in [0.5, 0.6) is 0 Å². The van der Waals surface area contributed by atoms with Gasteiger partial charge >= 0.3 is 0 Å². The predicted octanol–water partition coefficient (Wildman–Crippen LogP) is 2.79. The number of oxime groups is 1. The third kappa shape index (κ3) is 3.59. The number of benzene rings is 1. The van der Waals surface area contributed by atoms with Gasteiger partial charge in [0.25, 0.3) is 0 Å². The molecule has 4 nitrogen and oxygen atoms in total. The maximum absolute atomic E-state index is 13.9. The molecule has 0 aliphatic heterocycles. The normalized spacial score (nSPS) is 13.4. The molecular formula is C14H22FN3O. The number of hydrogen-bond donors (Lipinski definition) is 2. The van der Waals surface area contributed by atoms with Crippen LogP contribution in [-0.2, 0) is 0 Å². The second kappa shape index (κ2) is 6.97. The van der Waals surface area contributed by atoms with E-state index in [1.165, 1.54) is 6.07 Å². The van der Waals surface area contributed by atoms with E-state index >= 15 is 0 Å². The van der Waals surface area contributed by atoms with E-state index in [-0.39, 0.29) is 11.4 Å². The van der Waals surface area contributed by atoms with Crippen LogP contribution in [0.1, 0.15) is 32.8 Å². The fraction of sp³-hybridized carbons (Fsp3) is 0.500. The Balaban J connectivity index is 3.20. The number of nitrogens with two attached hydrogens (primary N) is 1. The summed E-state index contributed by atoms with van der Waals surface area (Å²) in [6.07, 6.45) is 1.05. The van der Waals surface area contributed by atoms with Gasteiger partial charge in [0.15, 0.2) is 5.84 Å². The van der Waals surface area contributed by atoms with Gasteiger partial charge in [0, 0.05) is 13.1 Å². The molecule has 1 unspecified atom stereocenters. The molecule has 3 N–H and O–H groups in total. The molecule has 19 heavy (non-hydrogen) atoms. The van der Waals surface area contributed by atoms with Crippen LogP contribution in [-0.4, -0.2) is 24.1 Å². The van der Waals surface area contributed by atoms with Crippen molar-refractivity contribution in [2.75, 3.05) is 18.0 Å². The lowest BCUT2D eigenvalue weighted by atomic mass is 10.1. The molecule has 0 amide bonds. The van der Waals surface area contributed by atoms with E-state index in [0.29, 0.717) is 11.6 Å². The quantitative estimate of drug-likeness (QED) is 0.360. The molecule has 1 atom stereocenters. The van der Waals surface area contributed by atoms with Crippen LogP contribution in [0.2, 0.25) is 0 Å². The number of rotatable bonds is 6. The van der Waals surface area contributed by atoms with Crippen LogP contribution in [0, 0.1) is 11.7 Å². The average Bonchev–Trinajstić information content (AvgIpc) is 2.43. The summed E-state index contributed by atoms with van der Waals surface area (Å²) >= 11 is 0. The van der Waals surface area contributed by atoms with E-state index in [1.54, 1.807) is 12.1 Å². The van der Waals surface area contributed by atoms with Gasteiger partial charge in [-0.05, 0) is 25.0 Å². The molecule has 0 bridgehead atoms. The summed E-state index contributed by atoms with van der Waals surface area (Å²) in [6.45, 7) is 7.81. The Labute approximate surface area is 113 Å². The van der Waals surface area contributed by atoms with Crippen molar-refractivity contribution in [2.24, 2.45) is 16.8 Å². The monoisotopic (exact) mass is 267 g/mol. The van der Waals surface area contributed by atoms with Gasteiger partial charge in [-0.2, -0.15) is 0 Å². The van der Waals surface area contributed by atoms with E-state index in [9.17, 15) is 4.39 Å². The van der Waals surface area contributed by atoms with Crippen LogP contribution < -0.4 is 10.6 Å². The predicted molar refractivity (Wildman–Crippen MR) is 76.3 cm³/mol. The molecule has 0 spiro atoms. The largest absolute Gasteiger partial charge is 0.409 e. The van der Waals surface area contributed by atoms with Crippen LogP contribution in [0.3, 0.4) is 0 Å². The molecule has 0 heterocycles. The third-order valence-corrected chi connectivity index (χ3v) is 3.31. The summed E-state index contributed by atoms with van der Waals surface area (Å²) in [6, 6.07) is 4.74.